The van der Waals surface area contributed by atoms with Crippen LogP contribution in [0.15, 0.2) is 33.5 Å². The van der Waals surface area contributed by atoms with Crippen molar-refractivity contribution in [1.82, 2.24) is 9.62 Å². The van der Waals surface area contributed by atoms with E-state index in [9.17, 15) is 18.1 Å². The Balaban J connectivity index is 1.87. The summed E-state index contributed by atoms with van der Waals surface area (Å²) in [5, 5.41) is 0. The van der Waals surface area contributed by atoms with Crippen molar-refractivity contribution in [3.05, 3.63) is 23.5 Å². The van der Waals surface area contributed by atoms with Crippen LogP contribution < -0.4 is 4.72 Å². The second-order valence-corrected chi connectivity index (χ2v) is 7.53. The van der Waals surface area contributed by atoms with E-state index in [1.54, 1.807) is 13.1 Å². The SMILES string of the molecule is CCOC(=O)C1=C2CC(N[S+]([O-])C(F)F)CN2C(C2=NC=CC2CC)=NC1. The molecule has 7 nitrogen and oxygen atoms in total. The Morgan fingerprint density at radius 2 is 2.30 bits per heavy atom. The highest BCUT2D eigenvalue weighted by Gasteiger charge is 2.41. The van der Waals surface area contributed by atoms with Crippen molar-refractivity contribution in [3.8, 4) is 0 Å². The molecule has 27 heavy (non-hydrogen) atoms. The molecule has 148 valence electrons. The summed E-state index contributed by atoms with van der Waals surface area (Å²) in [5.41, 5.74) is 1.88. The lowest BCUT2D eigenvalue weighted by Gasteiger charge is -2.29. The molecule has 1 N–H and O–H groups in total. The van der Waals surface area contributed by atoms with Gasteiger partial charge in [-0.05, 0) is 13.3 Å². The number of alkyl halides is 2. The standard InChI is InChI=1S/C17H22F2N4O3S/c1-3-10-5-6-20-14(10)15-21-8-12(16(24)26-4-2)13-7-11(9-23(13)15)22-27(25)17(18)19/h5-6,10-11,17,22H,3-4,7-9H2,1-2H3. The molecule has 3 heterocycles. The molecule has 0 aromatic heterocycles. The normalized spacial score (nSPS) is 25.6. The average molecular weight is 400 g/mol. The van der Waals surface area contributed by atoms with Crippen LogP contribution in [0.25, 0.3) is 0 Å². The lowest BCUT2D eigenvalue weighted by Crippen LogP contribution is -2.43. The molecule has 0 aromatic rings. The second kappa shape index (κ2) is 8.49. The Bertz CT molecular complexity index is 723. The van der Waals surface area contributed by atoms with Gasteiger partial charge in [0.1, 0.15) is 11.4 Å². The van der Waals surface area contributed by atoms with Gasteiger partial charge in [-0.3, -0.25) is 9.98 Å². The molecule has 0 saturated carbocycles. The maximum absolute atomic E-state index is 12.7. The zero-order chi connectivity index (χ0) is 19.6. The van der Waals surface area contributed by atoms with Crippen LogP contribution in [0, 0.1) is 5.92 Å². The molecule has 0 aliphatic carbocycles. The van der Waals surface area contributed by atoms with E-state index in [2.05, 4.69) is 14.7 Å². The van der Waals surface area contributed by atoms with E-state index in [-0.39, 0.29) is 25.6 Å². The third kappa shape index (κ3) is 4.07. The number of aliphatic imine (C=N–C) groups is 2. The highest BCUT2D eigenvalue weighted by molar-refractivity contribution is 7.89. The van der Waals surface area contributed by atoms with Gasteiger partial charge in [-0.25, -0.2) is 4.79 Å². The molecule has 0 radical (unpaired) electrons. The van der Waals surface area contributed by atoms with Crippen molar-refractivity contribution in [2.24, 2.45) is 15.9 Å². The minimum Gasteiger partial charge on any atom is -0.593 e. The minimum atomic E-state index is -2.97. The highest BCUT2D eigenvalue weighted by atomic mass is 32.2. The van der Waals surface area contributed by atoms with Gasteiger partial charge in [0, 0.05) is 30.8 Å². The number of amidine groups is 1. The van der Waals surface area contributed by atoms with Crippen molar-refractivity contribution in [2.75, 3.05) is 19.7 Å². The maximum atomic E-state index is 12.7. The Kier molecular flexibility index (Phi) is 6.28. The Morgan fingerprint density at radius 1 is 1.52 bits per heavy atom. The highest BCUT2D eigenvalue weighted by Crippen LogP contribution is 2.32. The Labute approximate surface area is 159 Å². The van der Waals surface area contributed by atoms with Crippen LogP contribution in [0.4, 0.5) is 8.78 Å². The van der Waals surface area contributed by atoms with Crippen LogP contribution in [-0.4, -0.2) is 58.5 Å². The van der Waals surface area contributed by atoms with Crippen molar-refractivity contribution >= 4 is 28.9 Å². The lowest BCUT2D eigenvalue weighted by molar-refractivity contribution is -0.138. The summed E-state index contributed by atoms with van der Waals surface area (Å²) in [4.78, 5) is 23.1. The van der Waals surface area contributed by atoms with Gasteiger partial charge < -0.3 is 14.2 Å². The van der Waals surface area contributed by atoms with Gasteiger partial charge in [0.2, 0.25) is 0 Å². The van der Waals surface area contributed by atoms with Crippen LogP contribution in [0.3, 0.4) is 0 Å². The van der Waals surface area contributed by atoms with Gasteiger partial charge in [-0.1, -0.05) is 13.0 Å². The summed E-state index contributed by atoms with van der Waals surface area (Å²) in [5.74, 6) is -2.67. The Hall–Kier alpha value is -1.78. The van der Waals surface area contributed by atoms with Gasteiger partial charge in [-0.2, -0.15) is 8.78 Å². The van der Waals surface area contributed by atoms with E-state index in [1.165, 1.54) is 0 Å². The van der Waals surface area contributed by atoms with Crippen molar-refractivity contribution in [2.45, 2.75) is 38.5 Å². The van der Waals surface area contributed by atoms with E-state index in [1.807, 2.05) is 17.9 Å². The molecule has 0 spiro atoms. The molecule has 0 aromatic carbocycles. The lowest BCUT2D eigenvalue weighted by atomic mass is 9.99. The third-order valence-corrected chi connectivity index (χ3v) is 5.57. The number of fused-ring (bicyclic) bond motifs is 1. The number of carbonyl (C=O) groups excluding carboxylic acids is 1. The molecule has 0 amide bonds. The molecule has 3 atom stereocenters. The number of nitrogens with zero attached hydrogens (tertiary/aromatic N) is 3. The third-order valence-electron chi connectivity index (χ3n) is 4.68. The summed E-state index contributed by atoms with van der Waals surface area (Å²) in [6, 6.07) is -0.488. The Morgan fingerprint density at radius 3 is 2.96 bits per heavy atom. The molecule has 10 heteroatoms. The number of carbonyl (C=O) groups is 1. The van der Waals surface area contributed by atoms with E-state index in [0.29, 0.717) is 23.5 Å². The topological polar surface area (TPSA) is 89.3 Å². The van der Waals surface area contributed by atoms with Crippen LogP contribution in [0.2, 0.25) is 0 Å². The first-order valence-electron chi connectivity index (χ1n) is 8.87. The number of hydrogen-bond acceptors (Lipinski definition) is 7. The van der Waals surface area contributed by atoms with Crippen molar-refractivity contribution < 1.29 is 22.9 Å². The number of esters is 1. The van der Waals surface area contributed by atoms with Gasteiger partial charge in [0.15, 0.2) is 5.84 Å². The number of allylic oxidation sites excluding steroid dienone is 1. The summed E-state index contributed by atoms with van der Waals surface area (Å²) >= 11 is -2.45. The summed E-state index contributed by atoms with van der Waals surface area (Å²) in [6.07, 6.45) is 4.86. The van der Waals surface area contributed by atoms with Gasteiger partial charge in [0.05, 0.1) is 30.5 Å². The summed E-state index contributed by atoms with van der Waals surface area (Å²) in [7, 11) is 0. The number of nitrogens with one attached hydrogen (secondary N) is 1. The quantitative estimate of drug-likeness (QED) is 0.520. The molecule has 1 saturated heterocycles. The monoisotopic (exact) mass is 400 g/mol. The first-order chi connectivity index (χ1) is 13.0. The van der Waals surface area contributed by atoms with Gasteiger partial charge in [-0.15, -0.1) is 4.72 Å². The predicted octanol–water partition coefficient (Wildman–Crippen LogP) is 1.76. The molecule has 3 unspecified atom stereocenters. The fourth-order valence-electron chi connectivity index (χ4n) is 3.45. The predicted molar refractivity (Wildman–Crippen MR) is 98.7 cm³/mol. The zero-order valence-corrected chi connectivity index (χ0v) is 16.0. The fourth-order valence-corrected chi connectivity index (χ4v) is 4.04. The number of ether oxygens (including phenoxy) is 1. The molecule has 3 aliphatic heterocycles. The van der Waals surface area contributed by atoms with Crippen molar-refractivity contribution in [1.29, 1.82) is 0 Å². The first kappa shape index (κ1) is 20.0. The second-order valence-electron chi connectivity index (χ2n) is 6.34. The summed E-state index contributed by atoms with van der Waals surface area (Å²) in [6.45, 7) is 4.43. The zero-order valence-electron chi connectivity index (χ0n) is 15.2. The van der Waals surface area contributed by atoms with Crippen LogP contribution in [0.5, 0.6) is 0 Å². The van der Waals surface area contributed by atoms with E-state index in [4.69, 9.17) is 4.74 Å². The molecular formula is C17H22F2N4O3S. The molecule has 3 rings (SSSR count). The molecular weight excluding hydrogens is 378 g/mol. The maximum Gasteiger partial charge on any atom is 0.416 e. The van der Waals surface area contributed by atoms with E-state index < -0.39 is 29.1 Å². The van der Waals surface area contributed by atoms with Crippen LogP contribution in [0.1, 0.15) is 26.7 Å². The largest absolute Gasteiger partial charge is 0.593 e. The summed E-state index contributed by atoms with van der Waals surface area (Å²) < 4.78 is 44.4. The van der Waals surface area contributed by atoms with Crippen LogP contribution >= 0.6 is 0 Å². The molecule has 3 aliphatic rings. The smallest absolute Gasteiger partial charge is 0.416 e. The van der Waals surface area contributed by atoms with Crippen LogP contribution in [-0.2, 0) is 20.9 Å². The number of hydrogen-bond donors (Lipinski definition) is 1. The molecule has 0 bridgehead atoms. The van der Waals surface area contributed by atoms with Gasteiger partial charge >= 0.3 is 11.7 Å². The van der Waals surface area contributed by atoms with Crippen molar-refractivity contribution in [3.63, 3.8) is 0 Å². The molecule has 1 fully saturated rings. The first-order valence-corrected chi connectivity index (χ1v) is 10.1. The number of rotatable bonds is 7. The van der Waals surface area contributed by atoms with E-state index >= 15 is 0 Å². The number of halogens is 2. The fraction of sp³-hybridized carbons (Fsp3) is 0.588. The average Bonchev–Trinajstić information content (AvgIpc) is 3.27. The van der Waals surface area contributed by atoms with E-state index in [0.717, 1.165) is 12.1 Å². The minimum absolute atomic E-state index is 0.122. The van der Waals surface area contributed by atoms with Gasteiger partial charge in [0.25, 0.3) is 0 Å².